The Kier molecular flexibility index (Phi) is 9.73. The molecule has 2 N–H and O–H groups in total. The molecule has 2 aromatic carbocycles. The van der Waals surface area contributed by atoms with Crippen LogP contribution in [-0.4, -0.2) is 48.3 Å². The van der Waals surface area contributed by atoms with E-state index in [9.17, 15) is 29.4 Å². The highest BCUT2D eigenvalue weighted by Gasteiger charge is 2.26. The number of nitro benzene ring substituents is 1. The van der Waals surface area contributed by atoms with Gasteiger partial charge in [-0.1, -0.05) is 12.1 Å². The van der Waals surface area contributed by atoms with E-state index in [0.29, 0.717) is 5.56 Å². The van der Waals surface area contributed by atoms with E-state index in [-0.39, 0.29) is 48.4 Å². The molecule has 0 heterocycles. The van der Waals surface area contributed by atoms with Crippen molar-refractivity contribution in [2.45, 2.75) is 32.5 Å². The quantitative estimate of drug-likeness (QED) is 0.240. The van der Waals surface area contributed by atoms with Crippen molar-refractivity contribution in [1.82, 2.24) is 5.32 Å². The number of carboxylic acid groups (broad SMARTS) is 1. The van der Waals surface area contributed by atoms with Crippen LogP contribution in [0.25, 0.3) is 0 Å². The number of carboxylic acids is 1. The largest absolute Gasteiger partial charge is 0.496 e. The van der Waals surface area contributed by atoms with Crippen LogP contribution in [0.4, 0.5) is 5.69 Å². The van der Waals surface area contributed by atoms with Gasteiger partial charge in [0.2, 0.25) is 0 Å². The van der Waals surface area contributed by atoms with Gasteiger partial charge < -0.3 is 24.2 Å². The number of aliphatic carboxylic acids is 1. The molecule has 0 aliphatic heterocycles. The molecule has 0 spiro atoms. The molecule has 2 aromatic rings. The molecule has 0 unspecified atom stereocenters. The van der Waals surface area contributed by atoms with Gasteiger partial charge in [0.05, 0.1) is 31.4 Å². The predicted octanol–water partition coefficient (Wildman–Crippen LogP) is 3.80. The van der Waals surface area contributed by atoms with Crippen molar-refractivity contribution in [3.8, 4) is 5.75 Å². The van der Waals surface area contributed by atoms with Crippen LogP contribution in [0, 0.1) is 10.1 Å². The second kappa shape index (κ2) is 12.3. The van der Waals surface area contributed by atoms with E-state index >= 15 is 0 Å². The lowest BCUT2D eigenvalue weighted by molar-refractivity contribution is -0.384. The molecule has 2 rings (SSSR count). The minimum Gasteiger partial charge on any atom is -0.496 e. The number of nitro groups is 1. The maximum absolute atomic E-state index is 12.7. The lowest BCUT2D eigenvalue weighted by Crippen LogP contribution is -2.42. The molecule has 0 saturated heterocycles. The minimum absolute atomic E-state index is 0.0287. The Morgan fingerprint density at radius 1 is 1.12 bits per heavy atom. The molecule has 0 aliphatic rings. The molecule has 0 aliphatic carbocycles. The van der Waals surface area contributed by atoms with Crippen molar-refractivity contribution < 1.29 is 38.0 Å². The van der Waals surface area contributed by atoms with Gasteiger partial charge in [0.25, 0.3) is 11.6 Å². The van der Waals surface area contributed by atoms with Crippen molar-refractivity contribution >= 4 is 25.2 Å². The average molecular weight is 494 g/mol. The predicted molar refractivity (Wildman–Crippen MR) is 123 cm³/mol. The fourth-order valence-corrected chi connectivity index (χ4v) is 4.91. The van der Waals surface area contributed by atoms with Gasteiger partial charge in [-0.15, -0.1) is 0 Å². The number of hydrogen-bond donors (Lipinski definition) is 2. The molecular formula is C22H27N2O9P. The number of nitrogens with zero attached hydrogens (tertiary/aromatic N) is 1. The fourth-order valence-electron chi connectivity index (χ4n) is 3.21. The molecule has 0 radical (unpaired) electrons. The Morgan fingerprint density at radius 3 is 2.24 bits per heavy atom. The first kappa shape index (κ1) is 27.0. The summed E-state index contributed by atoms with van der Waals surface area (Å²) in [5.74, 6) is -1.70. The topological polar surface area (TPSA) is 154 Å². The van der Waals surface area contributed by atoms with Crippen LogP contribution in [0.15, 0.2) is 42.5 Å². The lowest BCUT2D eigenvalue weighted by Gasteiger charge is -2.18. The summed E-state index contributed by atoms with van der Waals surface area (Å²) in [7, 11) is -1.95. The Balaban J connectivity index is 2.16. The SMILES string of the molecule is CCOP(=O)(Cc1ccc(C(=O)N[C@@H](Cc2cc([N+](=O)[O-])ccc2OC)C(=O)O)cc1)OCC. The number of benzene rings is 2. The van der Waals surface area contributed by atoms with E-state index < -0.39 is 30.4 Å². The van der Waals surface area contributed by atoms with Gasteiger partial charge in [-0.2, -0.15) is 0 Å². The van der Waals surface area contributed by atoms with E-state index in [1.165, 1.54) is 37.4 Å². The number of ether oxygens (including phenoxy) is 1. The lowest BCUT2D eigenvalue weighted by atomic mass is 10.0. The molecule has 184 valence electrons. The van der Waals surface area contributed by atoms with Crippen molar-refractivity contribution in [1.29, 1.82) is 0 Å². The van der Waals surface area contributed by atoms with Crippen LogP contribution in [0.1, 0.15) is 35.3 Å². The summed E-state index contributed by atoms with van der Waals surface area (Å²) in [6.07, 6.45) is -0.198. The summed E-state index contributed by atoms with van der Waals surface area (Å²) >= 11 is 0. The summed E-state index contributed by atoms with van der Waals surface area (Å²) in [5, 5.41) is 23.1. The number of rotatable bonds is 13. The normalized spacial score (nSPS) is 12.1. The van der Waals surface area contributed by atoms with Gasteiger partial charge in [-0.05, 0) is 37.6 Å². The zero-order chi connectivity index (χ0) is 25.3. The van der Waals surface area contributed by atoms with Crippen LogP contribution in [-0.2, 0) is 31.0 Å². The number of carbonyl (C=O) groups excluding carboxylic acids is 1. The van der Waals surface area contributed by atoms with Crippen molar-refractivity contribution in [2.75, 3.05) is 20.3 Å². The molecule has 0 saturated carbocycles. The standard InChI is InChI=1S/C22H27N2O9P/c1-4-32-34(30,33-5-2)14-15-6-8-16(9-7-15)21(25)23-19(22(26)27)13-17-12-18(24(28)29)10-11-20(17)31-3/h6-12,19H,4-5,13-14H2,1-3H3,(H,23,25)(H,26,27)/t19-/m0/s1. The number of carbonyl (C=O) groups is 2. The van der Waals surface area contributed by atoms with E-state index in [4.69, 9.17) is 13.8 Å². The smallest absolute Gasteiger partial charge is 0.335 e. The third-order valence-electron chi connectivity index (χ3n) is 4.75. The summed E-state index contributed by atoms with van der Waals surface area (Å²) in [5.41, 5.74) is 0.849. The van der Waals surface area contributed by atoms with Gasteiger partial charge in [0.1, 0.15) is 11.8 Å². The van der Waals surface area contributed by atoms with Gasteiger partial charge in [-0.3, -0.25) is 19.5 Å². The van der Waals surface area contributed by atoms with Crippen LogP contribution >= 0.6 is 7.60 Å². The van der Waals surface area contributed by atoms with Gasteiger partial charge in [0, 0.05) is 29.7 Å². The first-order valence-corrected chi connectivity index (χ1v) is 12.2. The molecule has 0 fully saturated rings. The van der Waals surface area contributed by atoms with E-state index in [0.717, 1.165) is 0 Å². The Labute approximate surface area is 196 Å². The Hall–Kier alpha value is -3.27. The number of amides is 1. The Morgan fingerprint density at radius 2 is 1.74 bits per heavy atom. The molecule has 34 heavy (non-hydrogen) atoms. The molecule has 1 amide bonds. The van der Waals surface area contributed by atoms with Crippen LogP contribution in [0.3, 0.4) is 0 Å². The summed E-state index contributed by atoms with van der Waals surface area (Å²) in [4.78, 5) is 34.9. The maximum atomic E-state index is 12.7. The number of nitrogens with one attached hydrogen (secondary N) is 1. The van der Waals surface area contributed by atoms with Crippen molar-refractivity contribution in [2.24, 2.45) is 0 Å². The first-order valence-electron chi connectivity index (χ1n) is 10.4. The maximum Gasteiger partial charge on any atom is 0.335 e. The monoisotopic (exact) mass is 494 g/mol. The van der Waals surface area contributed by atoms with Gasteiger partial charge in [0.15, 0.2) is 0 Å². The van der Waals surface area contributed by atoms with Crippen molar-refractivity contribution in [3.63, 3.8) is 0 Å². The molecule has 11 nitrogen and oxygen atoms in total. The molecule has 0 aromatic heterocycles. The second-order valence-electron chi connectivity index (χ2n) is 7.12. The second-order valence-corrected chi connectivity index (χ2v) is 9.18. The minimum atomic E-state index is -3.31. The van der Waals surface area contributed by atoms with E-state index in [2.05, 4.69) is 5.32 Å². The third-order valence-corrected chi connectivity index (χ3v) is 6.80. The van der Waals surface area contributed by atoms with Crippen LogP contribution in [0.2, 0.25) is 0 Å². The number of non-ortho nitro benzene ring substituents is 1. The van der Waals surface area contributed by atoms with Gasteiger partial charge in [-0.25, -0.2) is 4.79 Å². The first-order chi connectivity index (χ1) is 16.1. The van der Waals surface area contributed by atoms with Gasteiger partial charge >= 0.3 is 13.6 Å². The zero-order valence-electron chi connectivity index (χ0n) is 19.1. The highest BCUT2D eigenvalue weighted by atomic mass is 31.2. The summed E-state index contributed by atoms with van der Waals surface area (Å²) in [6, 6.07) is 8.58. The number of hydrogen-bond acceptors (Lipinski definition) is 8. The zero-order valence-corrected chi connectivity index (χ0v) is 19.9. The van der Waals surface area contributed by atoms with Crippen molar-refractivity contribution in [3.05, 3.63) is 69.3 Å². The molecular weight excluding hydrogens is 467 g/mol. The highest BCUT2D eigenvalue weighted by molar-refractivity contribution is 7.53. The van der Waals surface area contributed by atoms with E-state index in [1.54, 1.807) is 26.0 Å². The average Bonchev–Trinajstić information content (AvgIpc) is 2.79. The Bertz CT molecular complexity index is 1060. The molecule has 1 atom stereocenters. The number of methoxy groups -OCH3 is 1. The summed E-state index contributed by atoms with van der Waals surface area (Å²) in [6.45, 7) is 3.87. The van der Waals surface area contributed by atoms with E-state index in [1.807, 2.05) is 0 Å². The summed E-state index contributed by atoms with van der Waals surface area (Å²) < 4.78 is 28.4. The van der Waals surface area contributed by atoms with Crippen LogP contribution in [0.5, 0.6) is 5.75 Å². The molecule has 12 heteroatoms. The van der Waals surface area contributed by atoms with Crippen LogP contribution < -0.4 is 10.1 Å². The highest BCUT2D eigenvalue weighted by Crippen LogP contribution is 2.51. The fraction of sp³-hybridized carbons (Fsp3) is 0.364. The third kappa shape index (κ3) is 7.38. The molecule has 0 bridgehead atoms.